The summed E-state index contributed by atoms with van der Waals surface area (Å²) in [4.78, 5) is 32.7. The quantitative estimate of drug-likeness (QED) is 0.337. The van der Waals surface area contributed by atoms with Gasteiger partial charge in [-0.2, -0.15) is 0 Å². The molecule has 1 aliphatic rings. The summed E-state index contributed by atoms with van der Waals surface area (Å²) in [7, 11) is -1.50. The molecule has 12 heteroatoms. The van der Waals surface area contributed by atoms with E-state index in [1.54, 1.807) is 27.0 Å². The van der Waals surface area contributed by atoms with Crippen molar-refractivity contribution in [3.63, 3.8) is 0 Å². The van der Waals surface area contributed by atoms with Crippen LogP contribution in [0.1, 0.15) is 65.0 Å². The number of aliphatic hydroxyl groups excluding tert-OH is 1. The van der Waals surface area contributed by atoms with E-state index in [9.17, 15) is 19.3 Å². The van der Waals surface area contributed by atoms with Crippen molar-refractivity contribution in [3.05, 3.63) is 18.2 Å². The van der Waals surface area contributed by atoms with Crippen LogP contribution in [-0.2, 0) is 29.6 Å². The highest BCUT2D eigenvalue weighted by atomic mass is 31.2. The monoisotopic (exact) mass is 502 g/mol. The second-order valence-corrected chi connectivity index (χ2v) is 12.0. The van der Waals surface area contributed by atoms with Crippen LogP contribution in [0.3, 0.4) is 0 Å². The molecule has 1 unspecified atom stereocenters. The fourth-order valence-corrected chi connectivity index (χ4v) is 5.32. The molecule has 2 amide bonds. The first-order valence-corrected chi connectivity index (χ1v) is 13.3. The van der Waals surface area contributed by atoms with Crippen LogP contribution in [0, 0.1) is 5.92 Å². The van der Waals surface area contributed by atoms with E-state index < -0.39 is 43.1 Å². The molecule has 0 spiro atoms. The van der Waals surface area contributed by atoms with Crippen molar-refractivity contribution in [1.29, 1.82) is 0 Å². The summed E-state index contributed by atoms with van der Waals surface area (Å²) < 4.78 is 28.2. The fourth-order valence-electron chi connectivity index (χ4n) is 4.10. The average molecular weight is 503 g/mol. The highest BCUT2D eigenvalue weighted by molar-refractivity contribution is 7.54. The van der Waals surface area contributed by atoms with Gasteiger partial charge in [-0.15, -0.1) is 0 Å². The second kappa shape index (κ2) is 12.7. The van der Waals surface area contributed by atoms with Crippen LogP contribution < -0.4 is 10.6 Å². The number of aliphatic hydroxyl groups is 1. The molecule has 1 aromatic heterocycles. The van der Waals surface area contributed by atoms with Gasteiger partial charge in [-0.25, -0.2) is 9.78 Å². The number of hydrogen-bond acceptors (Lipinski definition) is 8. The third-order valence-corrected chi connectivity index (χ3v) is 7.83. The third-order valence-electron chi connectivity index (χ3n) is 5.81. The highest BCUT2D eigenvalue weighted by Crippen LogP contribution is 2.52. The molecule has 1 aliphatic carbocycles. The van der Waals surface area contributed by atoms with E-state index in [0.29, 0.717) is 12.1 Å². The lowest BCUT2D eigenvalue weighted by molar-refractivity contribution is -0.124. The van der Waals surface area contributed by atoms with Crippen molar-refractivity contribution in [1.82, 2.24) is 20.6 Å². The molecule has 2 rings (SSSR count). The first-order chi connectivity index (χ1) is 16.0. The van der Waals surface area contributed by atoms with E-state index >= 15 is 0 Å². The van der Waals surface area contributed by atoms with Crippen molar-refractivity contribution >= 4 is 19.6 Å². The molecule has 0 radical (unpaired) electrons. The minimum Gasteiger partial charge on any atom is -0.444 e. The Hall–Kier alpha value is -1.94. The minimum absolute atomic E-state index is 0.0903. The smallest absolute Gasteiger partial charge is 0.408 e. The molecule has 0 aliphatic heterocycles. The number of carbonyl (C=O) groups is 2. The normalized spacial score (nSPS) is 18.1. The predicted octanol–water partition coefficient (Wildman–Crippen LogP) is 3.11. The lowest BCUT2D eigenvalue weighted by Crippen LogP contribution is -2.54. The number of hydrogen-bond donors (Lipinski definition) is 4. The van der Waals surface area contributed by atoms with Crippen molar-refractivity contribution < 1.29 is 33.0 Å². The summed E-state index contributed by atoms with van der Waals surface area (Å²) >= 11 is 0. The van der Waals surface area contributed by atoms with E-state index in [0.717, 1.165) is 32.1 Å². The van der Waals surface area contributed by atoms with Crippen LogP contribution in [0.15, 0.2) is 12.5 Å². The van der Waals surface area contributed by atoms with Gasteiger partial charge in [0.25, 0.3) is 0 Å². The number of carbonyl (C=O) groups excluding carboxylic acids is 2. The summed E-state index contributed by atoms with van der Waals surface area (Å²) in [5.74, 6) is -1.88. The Bertz CT molecular complexity index is 814. The molecular formula is C22H39N4O7P. The Labute approximate surface area is 201 Å². The molecule has 0 saturated heterocycles. The number of aromatic amines is 1. The van der Waals surface area contributed by atoms with Crippen molar-refractivity contribution in [3.8, 4) is 0 Å². The van der Waals surface area contributed by atoms with Crippen LogP contribution in [0.25, 0.3) is 0 Å². The van der Waals surface area contributed by atoms with Crippen molar-refractivity contribution in [2.24, 2.45) is 5.92 Å². The number of ether oxygens (including phenoxy) is 1. The van der Waals surface area contributed by atoms with Crippen LogP contribution in [0.5, 0.6) is 0 Å². The van der Waals surface area contributed by atoms with Gasteiger partial charge in [0.2, 0.25) is 5.91 Å². The second-order valence-electron chi connectivity index (χ2n) is 9.64. The third kappa shape index (κ3) is 8.69. The van der Waals surface area contributed by atoms with Crippen LogP contribution >= 0.6 is 7.60 Å². The van der Waals surface area contributed by atoms with E-state index in [1.807, 2.05) is 0 Å². The number of amides is 2. The largest absolute Gasteiger partial charge is 0.444 e. The summed E-state index contributed by atoms with van der Waals surface area (Å²) in [6.07, 6.45) is 8.02. The van der Waals surface area contributed by atoms with Crippen LogP contribution in [-0.4, -0.2) is 64.8 Å². The molecule has 1 saturated carbocycles. The van der Waals surface area contributed by atoms with E-state index in [1.165, 1.54) is 20.5 Å². The lowest BCUT2D eigenvalue weighted by Gasteiger charge is -2.33. The topological polar surface area (TPSA) is 152 Å². The maximum atomic E-state index is 13.3. The molecule has 1 fully saturated rings. The van der Waals surface area contributed by atoms with Crippen molar-refractivity contribution in [2.45, 2.75) is 89.2 Å². The van der Waals surface area contributed by atoms with Gasteiger partial charge in [0.15, 0.2) is 5.85 Å². The van der Waals surface area contributed by atoms with Gasteiger partial charge in [-0.3, -0.25) is 9.36 Å². The summed E-state index contributed by atoms with van der Waals surface area (Å²) in [6, 6.07) is -1.94. The standard InChI is InChI=1S/C22H39N4O7P/c1-22(2,3)33-21(29)26-17(12-16-13-23-14-24-16)19(27)25-18(11-15-9-7-6-8-10-15)20(28)34(30,31-4)32-5/h13-15,17-18,20,28H,6-12H2,1-5H3,(H,23,24)(H,25,27)(H,26,29)/t17-,18-,20?/m0/s1. The van der Waals surface area contributed by atoms with Gasteiger partial charge in [-0.05, 0) is 33.1 Å². The molecule has 1 aromatic rings. The summed E-state index contributed by atoms with van der Waals surface area (Å²) in [5.41, 5.74) is -0.194. The highest BCUT2D eigenvalue weighted by Gasteiger charge is 2.41. The number of nitrogens with zero attached hydrogens (tertiary/aromatic N) is 1. The first-order valence-electron chi connectivity index (χ1n) is 11.6. The Morgan fingerprint density at radius 1 is 1.21 bits per heavy atom. The number of rotatable bonds is 11. The first kappa shape index (κ1) is 28.3. The number of aromatic nitrogens is 2. The molecule has 34 heavy (non-hydrogen) atoms. The number of nitrogens with one attached hydrogen (secondary N) is 3. The zero-order valence-electron chi connectivity index (χ0n) is 20.7. The number of alkyl carbamates (subject to hydrolysis) is 1. The maximum Gasteiger partial charge on any atom is 0.408 e. The Morgan fingerprint density at radius 2 is 1.85 bits per heavy atom. The molecule has 3 atom stereocenters. The summed E-state index contributed by atoms with van der Waals surface area (Å²) in [6.45, 7) is 5.16. The van der Waals surface area contributed by atoms with Gasteiger partial charge < -0.3 is 34.5 Å². The zero-order valence-corrected chi connectivity index (χ0v) is 21.6. The molecular weight excluding hydrogens is 463 g/mol. The van der Waals surface area contributed by atoms with E-state index in [2.05, 4.69) is 20.6 Å². The average Bonchev–Trinajstić information content (AvgIpc) is 3.29. The maximum absolute atomic E-state index is 13.3. The van der Waals surface area contributed by atoms with Crippen LogP contribution in [0.4, 0.5) is 4.79 Å². The van der Waals surface area contributed by atoms with Gasteiger partial charge in [0, 0.05) is 26.8 Å². The minimum atomic E-state index is -3.88. The molecule has 194 valence electrons. The van der Waals surface area contributed by atoms with Gasteiger partial charge >= 0.3 is 13.7 Å². The van der Waals surface area contributed by atoms with E-state index in [-0.39, 0.29) is 12.3 Å². The van der Waals surface area contributed by atoms with Gasteiger partial charge in [0.1, 0.15) is 11.6 Å². The van der Waals surface area contributed by atoms with Gasteiger partial charge in [-0.1, -0.05) is 32.1 Å². The molecule has 0 aromatic carbocycles. The SMILES string of the molecule is COP(=O)(OC)C(O)[C@H](CC1CCCCC1)NC(=O)[C@H](Cc1c[nH]cn1)NC(=O)OC(C)(C)C. The molecule has 0 bridgehead atoms. The summed E-state index contributed by atoms with van der Waals surface area (Å²) in [5, 5.41) is 16.3. The van der Waals surface area contributed by atoms with E-state index in [4.69, 9.17) is 13.8 Å². The molecule has 4 N–H and O–H groups in total. The zero-order chi connectivity index (χ0) is 25.4. The van der Waals surface area contributed by atoms with Crippen molar-refractivity contribution in [2.75, 3.05) is 14.2 Å². The number of imidazole rings is 1. The van der Waals surface area contributed by atoms with Gasteiger partial charge in [0.05, 0.1) is 18.1 Å². The Kier molecular flexibility index (Phi) is 10.5. The van der Waals surface area contributed by atoms with Crippen LogP contribution in [0.2, 0.25) is 0 Å². The Balaban J connectivity index is 2.22. The number of H-pyrrole nitrogens is 1. The molecule has 1 heterocycles. The Morgan fingerprint density at radius 3 is 2.38 bits per heavy atom. The fraction of sp³-hybridized carbons (Fsp3) is 0.773. The molecule has 11 nitrogen and oxygen atoms in total. The lowest BCUT2D eigenvalue weighted by atomic mass is 9.85. The predicted molar refractivity (Wildman–Crippen MR) is 126 cm³/mol.